The van der Waals surface area contributed by atoms with E-state index < -0.39 is 0 Å². The van der Waals surface area contributed by atoms with E-state index in [1.165, 1.54) is 5.56 Å². The van der Waals surface area contributed by atoms with Crippen molar-refractivity contribution in [3.05, 3.63) is 65.2 Å². The number of hydrogen-bond acceptors (Lipinski definition) is 2. The minimum atomic E-state index is 0.218. The number of aryl methyl sites for hydroxylation is 2. The van der Waals surface area contributed by atoms with Crippen LogP contribution in [0.4, 0.5) is 0 Å². The third kappa shape index (κ3) is 4.54. The van der Waals surface area contributed by atoms with Crippen molar-refractivity contribution in [1.29, 1.82) is 0 Å². The van der Waals surface area contributed by atoms with Gasteiger partial charge in [0.1, 0.15) is 18.1 Å². The lowest BCUT2D eigenvalue weighted by atomic mass is 10.1. The lowest BCUT2D eigenvalue weighted by Gasteiger charge is -2.08. The first-order chi connectivity index (χ1) is 9.63. The molecule has 0 aromatic heterocycles. The summed E-state index contributed by atoms with van der Waals surface area (Å²) in [7, 11) is 0. The molecule has 2 aromatic carbocycles. The molecule has 2 aromatic rings. The van der Waals surface area contributed by atoms with Crippen molar-refractivity contribution in [2.45, 2.75) is 33.3 Å². The molecular formula is C18H20O2. The van der Waals surface area contributed by atoms with Gasteiger partial charge in [-0.25, -0.2) is 0 Å². The predicted octanol–water partition coefficient (Wildman–Crippen LogP) is 4.10. The largest absolute Gasteiger partial charge is 0.489 e. The van der Waals surface area contributed by atoms with Gasteiger partial charge < -0.3 is 9.53 Å². The number of ether oxygens (including phenoxy) is 1. The van der Waals surface area contributed by atoms with Crippen molar-refractivity contribution in [2.75, 3.05) is 0 Å². The third-order valence-electron chi connectivity index (χ3n) is 3.19. The Kier molecular flexibility index (Phi) is 4.94. The minimum absolute atomic E-state index is 0.218. The molecule has 0 atom stereocenters. The Morgan fingerprint density at radius 2 is 1.80 bits per heavy atom. The highest BCUT2D eigenvalue weighted by Gasteiger charge is 2.00. The zero-order valence-corrected chi connectivity index (χ0v) is 12.1. The van der Waals surface area contributed by atoms with Gasteiger partial charge in [0.2, 0.25) is 0 Å². The molecule has 0 amide bonds. The van der Waals surface area contributed by atoms with Crippen LogP contribution in [0.3, 0.4) is 0 Å². The van der Waals surface area contributed by atoms with Gasteiger partial charge >= 0.3 is 0 Å². The van der Waals surface area contributed by atoms with E-state index in [0.717, 1.165) is 23.3 Å². The number of hydrogen-bond donors (Lipinski definition) is 0. The summed E-state index contributed by atoms with van der Waals surface area (Å²) < 4.78 is 5.79. The number of carbonyl (C=O) groups is 1. The fourth-order valence-corrected chi connectivity index (χ4v) is 1.96. The molecule has 0 saturated heterocycles. The molecule has 0 N–H and O–H groups in total. The normalized spacial score (nSPS) is 10.3. The van der Waals surface area contributed by atoms with Gasteiger partial charge in [-0.1, -0.05) is 42.0 Å². The van der Waals surface area contributed by atoms with Crippen LogP contribution in [0.1, 0.15) is 30.0 Å². The maximum atomic E-state index is 11.0. The van der Waals surface area contributed by atoms with Gasteiger partial charge in [-0.2, -0.15) is 0 Å². The van der Waals surface area contributed by atoms with Crippen LogP contribution in [0.2, 0.25) is 0 Å². The van der Waals surface area contributed by atoms with Crippen LogP contribution in [0, 0.1) is 6.92 Å². The van der Waals surface area contributed by atoms with E-state index in [-0.39, 0.29) is 5.78 Å². The molecule has 0 bridgehead atoms. The highest BCUT2D eigenvalue weighted by molar-refractivity contribution is 5.75. The first-order valence-corrected chi connectivity index (χ1v) is 6.90. The van der Waals surface area contributed by atoms with Crippen LogP contribution in [0.5, 0.6) is 5.75 Å². The summed E-state index contributed by atoms with van der Waals surface area (Å²) in [6.45, 7) is 4.26. The second-order valence-electron chi connectivity index (χ2n) is 5.12. The van der Waals surface area contributed by atoms with E-state index in [4.69, 9.17) is 4.74 Å². The van der Waals surface area contributed by atoms with E-state index in [1.54, 1.807) is 6.92 Å². The summed E-state index contributed by atoms with van der Waals surface area (Å²) in [5.41, 5.74) is 3.55. The summed E-state index contributed by atoms with van der Waals surface area (Å²) in [5.74, 6) is 1.07. The van der Waals surface area contributed by atoms with E-state index in [2.05, 4.69) is 31.2 Å². The van der Waals surface area contributed by atoms with E-state index in [0.29, 0.717) is 13.0 Å². The van der Waals surface area contributed by atoms with Gasteiger partial charge in [-0.3, -0.25) is 0 Å². The Labute approximate surface area is 120 Å². The summed E-state index contributed by atoms with van der Waals surface area (Å²) in [4.78, 5) is 11.0. The Morgan fingerprint density at radius 3 is 2.50 bits per heavy atom. The van der Waals surface area contributed by atoms with Crippen molar-refractivity contribution in [3.63, 3.8) is 0 Å². The number of benzene rings is 2. The average Bonchev–Trinajstić information content (AvgIpc) is 2.45. The third-order valence-corrected chi connectivity index (χ3v) is 3.19. The van der Waals surface area contributed by atoms with Crippen LogP contribution in [0.25, 0.3) is 0 Å². The predicted molar refractivity (Wildman–Crippen MR) is 81.0 cm³/mol. The molecule has 20 heavy (non-hydrogen) atoms. The first-order valence-electron chi connectivity index (χ1n) is 6.90. The fraction of sp³-hybridized carbons (Fsp3) is 0.278. The highest BCUT2D eigenvalue weighted by atomic mass is 16.5. The molecule has 0 unspecified atom stereocenters. The molecule has 0 saturated carbocycles. The number of Topliss-reactive ketones (excluding diaryl/α,β-unsaturated/α-hetero) is 1. The van der Waals surface area contributed by atoms with Crippen LogP contribution >= 0.6 is 0 Å². The van der Waals surface area contributed by atoms with Crippen molar-refractivity contribution in [1.82, 2.24) is 0 Å². The lowest BCUT2D eigenvalue weighted by molar-refractivity contribution is -0.116. The molecule has 0 spiro atoms. The molecule has 0 heterocycles. The van der Waals surface area contributed by atoms with Gasteiger partial charge in [-0.15, -0.1) is 0 Å². The lowest BCUT2D eigenvalue weighted by Crippen LogP contribution is -1.97. The molecule has 0 fully saturated rings. The van der Waals surface area contributed by atoms with E-state index in [1.807, 2.05) is 24.3 Å². The average molecular weight is 268 g/mol. The van der Waals surface area contributed by atoms with Crippen LogP contribution < -0.4 is 4.74 Å². The van der Waals surface area contributed by atoms with Crippen LogP contribution in [-0.2, 0) is 17.8 Å². The fourth-order valence-electron chi connectivity index (χ4n) is 1.96. The Morgan fingerprint density at radius 1 is 1.05 bits per heavy atom. The van der Waals surface area contributed by atoms with Gasteiger partial charge in [0.25, 0.3) is 0 Å². The molecule has 0 radical (unpaired) electrons. The summed E-state index contributed by atoms with van der Waals surface area (Å²) >= 11 is 0. The summed E-state index contributed by atoms with van der Waals surface area (Å²) in [5, 5.41) is 0. The Balaban J connectivity index is 1.94. The van der Waals surface area contributed by atoms with Crippen molar-refractivity contribution >= 4 is 5.78 Å². The van der Waals surface area contributed by atoms with Gasteiger partial charge in [-0.05, 0) is 43.5 Å². The molecule has 104 valence electrons. The zero-order chi connectivity index (χ0) is 14.4. The Bertz CT molecular complexity index is 570. The van der Waals surface area contributed by atoms with Crippen LogP contribution in [-0.4, -0.2) is 5.78 Å². The highest BCUT2D eigenvalue weighted by Crippen LogP contribution is 2.16. The summed E-state index contributed by atoms with van der Waals surface area (Å²) in [6.07, 6.45) is 1.36. The second kappa shape index (κ2) is 6.90. The molecule has 2 nitrogen and oxygen atoms in total. The SMILES string of the molecule is CC(=O)CCc1cccc(OCc2ccc(C)cc2)c1. The molecule has 0 aliphatic heterocycles. The minimum Gasteiger partial charge on any atom is -0.489 e. The maximum Gasteiger partial charge on any atom is 0.130 e. The maximum absolute atomic E-state index is 11.0. The number of carbonyl (C=O) groups excluding carboxylic acids is 1. The van der Waals surface area contributed by atoms with Crippen LogP contribution in [0.15, 0.2) is 48.5 Å². The van der Waals surface area contributed by atoms with Crippen molar-refractivity contribution in [2.24, 2.45) is 0 Å². The monoisotopic (exact) mass is 268 g/mol. The topological polar surface area (TPSA) is 26.3 Å². The first kappa shape index (κ1) is 14.3. The molecular weight excluding hydrogens is 248 g/mol. The molecule has 0 aliphatic carbocycles. The zero-order valence-electron chi connectivity index (χ0n) is 12.1. The quantitative estimate of drug-likeness (QED) is 0.788. The van der Waals surface area contributed by atoms with Gasteiger partial charge in [0.15, 0.2) is 0 Å². The number of rotatable bonds is 6. The van der Waals surface area contributed by atoms with E-state index >= 15 is 0 Å². The summed E-state index contributed by atoms with van der Waals surface area (Å²) in [6, 6.07) is 16.3. The van der Waals surface area contributed by atoms with Gasteiger partial charge in [0, 0.05) is 6.42 Å². The molecule has 0 aliphatic rings. The molecule has 2 heteroatoms. The molecule has 2 rings (SSSR count). The van der Waals surface area contributed by atoms with Gasteiger partial charge in [0.05, 0.1) is 0 Å². The second-order valence-corrected chi connectivity index (χ2v) is 5.12. The van der Waals surface area contributed by atoms with Crippen molar-refractivity contribution < 1.29 is 9.53 Å². The number of ketones is 1. The van der Waals surface area contributed by atoms with Crippen molar-refractivity contribution in [3.8, 4) is 5.75 Å². The Hall–Kier alpha value is -2.09. The van der Waals surface area contributed by atoms with E-state index in [9.17, 15) is 4.79 Å². The standard InChI is InChI=1S/C18H20O2/c1-14-6-9-17(10-7-14)13-20-18-5-3-4-16(12-18)11-8-15(2)19/h3-7,9-10,12H,8,11,13H2,1-2H3. The smallest absolute Gasteiger partial charge is 0.130 e.